The highest BCUT2D eigenvalue weighted by molar-refractivity contribution is 7.91. The third-order valence-corrected chi connectivity index (χ3v) is 11.0. The maximum absolute atomic E-state index is 14.2. The number of sulfonamides is 1. The number of hydrogen-bond acceptors (Lipinski definition) is 10. The van der Waals surface area contributed by atoms with Gasteiger partial charge >= 0.3 is 12.2 Å². The summed E-state index contributed by atoms with van der Waals surface area (Å²) in [6.45, 7) is 4.84. The van der Waals surface area contributed by atoms with Crippen LogP contribution in [0.3, 0.4) is 0 Å². The second-order valence-corrected chi connectivity index (χ2v) is 16.3. The summed E-state index contributed by atoms with van der Waals surface area (Å²) in [7, 11) is -3.92. The molecule has 5 amide bonds. The zero-order valence-corrected chi connectivity index (χ0v) is 29.3. The molecule has 4 N–H and O–H groups in total. The van der Waals surface area contributed by atoms with Crippen LogP contribution in [0.1, 0.15) is 88.9 Å². The first-order chi connectivity index (χ1) is 23.6. The zero-order chi connectivity index (χ0) is 36.3. The molecule has 5 unspecified atom stereocenters. The van der Waals surface area contributed by atoms with Gasteiger partial charge in [-0.1, -0.05) is 37.1 Å². The molecule has 0 bridgehead atoms. The van der Waals surface area contributed by atoms with E-state index in [9.17, 15) is 37.2 Å². The van der Waals surface area contributed by atoms with Crippen molar-refractivity contribution in [3.63, 3.8) is 0 Å². The molecule has 4 aliphatic rings. The second kappa shape index (κ2) is 14.8. The number of nitrogens with zero attached hydrogens (tertiary/aromatic N) is 1. The van der Waals surface area contributed by atoms with Crippen molar-refractivity contribution in [3.05, 3.63) is 42.0 Å². The van der Waals surface area contributed by atoms with Crippen LogP contribution in [-0.4, -0.2) is 90.6 Å². The molecule has 0 radical (unpaired) electrons. The standard InChI is InChI=1S/C34H45N5O10S/c1-33(2,3)49-32(45)36-26-14-8-6-4-5-7-12-22-18-34(22,30(43)38-50(46,47)24-15-16-24)37-28(41)27-17-23(19-39(27)29(26)42)48-31(44)35-25-13-10-9-11-21(25)20-40/h7,9-13,20,22-24,26-27H,4-6,8,14-19H2,1-3H3,(H,35,44)(H,36,45)(H,37,41)(H,38,43). The maximum Gasteiger partial charge on any atom is 0.411 e. The van der Waals surface area contributed by atoms with Crippen molar-refractivity contribution in [1.29, 1.82) is 0 Å². The number of aldehydes is 1. The van der Waals surface area contributed by atoms with Gasteiger partial charge in [-0.2, -0.15) is 0 Å². The van der Waals surface area contributed by atoms with Gasteiger partial charge in [0.15, 0.2) is 6.29 Å². The molecule has 1 aromatic carbocycles. The van der Waals surface area contributed by atoms with Gasteiger partial charge in [0.25, 0.3) is 5.91 Å². The van der Waals surface area contributed by atoms with E-state index in [4.69, 9.17) is 9.47 Å². The number of hydrogen-bond donors (Lipinski definition) is 4. The Morgan fingerprint density at radius 1 is 1.04 bits per heavy atom. The van der Waals surface area contributed by atoms with E-state index in [2.05, 4.69) is 20.7 Å². The number of amides is 5. The number of benzene rings is 1. The Morgan fingerprint density at radius 2 is 1.78 bits per heavy atom. The van der Waals surface area contributed by atoms with Gasteiger partial charge in [-0.15, -0.1) is 0 Å². The van der Waals surface area contributed by atoms with Crippen LogP contribution >= 0.6 is 0 Å². The van der Waals surface area contributed by atoms with Gasteiger partial charge in [-0.3, -0.25) is 29.2 Å². The summed E-state index contributed by atoms with van der Waals surface area (Å²) in [4.78, 5) is 80.3. The van der Waals surface area contributed by atoms with E-state index in [1.165, 1.54) is 17.0 Å². The molecule has 16 heteroatoms. The van der Waals surface area contributed by atoms with Crippen LogP contribution in [-0.2, 0) is 33.9 Å². The number of nitrogens with one attached hydrogen (secondary N) is 4. The molecule has 50 heavy (non-hydrogen) atoms. The molecular weight excluding hydrogens is 670 g/mol. The van der Waals surface area contributed by atoms with Crippen LogP contribution in [0.5, 0.6) is 0 Å². The fourth-order valence-corrected chi connectivity index (χ4v) is 7.67. The minimum absolute atomic E-state index is 0.155. The van der Waals surface area contributed by atoms with E-state index < -0.39 is 80.4 Å². The van der Waals surface area contributed by atoms with E-state index in [-0.39, 0.29) is 37.1 Å². The number of para-hydroxylation sites is 1. The third kappa shape index (κ3) is 9.00. The molecule has 1 saturated heterocycles. The van der Waals surface area contributed by atoms with E-state index >= 15 is 0 Å². The average Bonchev–Trinajstić information content (AvgIpc) is 3.96. The Labute approximate surface area is 291 Å². The minimum Gasteiger partial charge on any atom is -0.444 e. The quantitative estimate of drug-likeness (QED) is 0.240. The Kier molecular flexibility index (Phi) is 10.9. The van der Waals surface area contributed by atoms with Crippen molar-refractivity contribution in [2.24, 2.45) is 5.92 Å². The Morgan fingerprint density at radius 3 is 2.48 bits per heavy atom. The highest BCUT2D eigenvalue weighted by atomic mass is 32.2. The van der Waals surface area contributed by atoms with E-state index in [1.54, 1.807) is 39.0 Å². The smallest absolute Gasteiger partial charge is 0.411 e. The van der Waals surface area contributed by atoms with Crippen molar-refractivity contribution < 1.29 is 46.7 Å². The minimum atomic E-state index is -3.92. The molecule has 272 valence electrons. The van der Waals surface area contributed by atoms with Gasteiger partial charge in [0.05, 0.1) is 17.5 Å². The largest absolute Gasteiger partial charge is 0.444 e. The first-order valence-corrected chi connectivity index (χ1v) is 18.5. The summed E-state index contributed by atoms with van der Waals surface area (Å²) in [5.74, 6) is -2.67. The summed E-state index contributed by atoms with van der Waals surface area (Å²) >= 11 is 0. The van der Waals surface area contributed by atoms with Gasteiger partial charge in [0, 0.05) is 17.9 Å². The summed E-state index contributed by atoms with van der Waals surface area (Å²) in [6, 6.07) is 3.95. The normalized spacial score (nSPS) is 27.3. The fourth-order valence-electron chi connectivity index (χ4n) is 6.30. The van der Waals surface area contributed by atoms with E-state index in [1.807, 2.05) is 6.08 Å². The molecule has 0 spiro atoms. The van der Waals surface area contributed by atoms with Crippen molar-refractivity contribution in [3.8, 4) is 0 Å². The van der Waals surface area contributed by atoms with Crippen molar-refractivity contribution >= 4 is 51.9 Å². The summed E-state index contributed by atoms with van der Waals surface area (Å²) in [5, 5.41) is 7.26. The molecular formula is C34H45N5O10S. The lowest BCUT2D eigenvalue weighted by Gasteiger charge is -2.30. The number of ether oxygens (including phenoxy) is 2. The number of carbonyl (C=O) groups excluding carboxylic acids is 6. The topological polar surface area (TPSA) is 206 Å². The molecule has 15 nitrogen and oxygen atoms in total. The number of alkyl carbamates (subject to hydrolysis) is 1. The monoisotopic (exact) mass is 715 g/mol. The lowest BCUT2D eigenvalue weighted by atomic mass is 10.0. The number of anilines is 1. The molecule has 1 aromatic rings. The van der Waals surface area contributed by atoms with Gasteiger partial charge in [-0.25, -0.2) is 18.0 Å². The van der Waals surface area contributed by atoms with Crippen LogP contribution in [0.4, 0.5) is 15.3 Å². The Balaban J connectivity index is 1.41. The Bertz CT molecular complexity index is 1650. The van der Waals surface area contributed by atoms with Gasteiger partial charge in [0.1, 0.15) is 29.3 Å². The van der Waals surface area contributed by atoms with Crippen LogP contribution < -0.4 is 20.7 Å². The summed E-state index contributed by atoms with van der Waals surface area (Å²) in [5.41, 5.74) is -1.98. The predicted molar refractivity (Wildman–Crippen MR) is 180 cm³/mol. The van der Waals surface area contributed by atoms with E-state index in [0.717, 1.165) is 12.8 Å². The number of rotatable bonds is 7. The first-order valence-electron chi connectivity index (χ1n) is 17.0. The highest BCUT2D eigenvalue weighted by Crippen LogP contribution is 2.46. The second-order valence-electron chi connectivity index (χ2n) is 14.3. The van der Waals surface area contributed by atoms with Crippen LogP contribution in [0.2, 0.25) is 0 Å². The zero-order valence-electron chi connectivity index (χ0n) is 28.4. The number of allylic oxidation sites excluding steroid dienone is 1. The molecule has 0 aromatic heterocycles. The maximum atomic E-state index is 14.2. The Hall–Kier alpha value is -4.47. The van der Waals surface area contributed by atoms with Gasteiger partial charge in [0.2, 0.25) is 21.8 Å². The van der Waals surface area contributed by atoms with Crippen LogP contribution in [0.15, 0.2) is 36.4 Å². The molecule has 2 saturated carbocycles. The molecule has 5 rings (SSSR count). The highest BCUT2D eigenvalue weighted by Gasteiger charge is 2.62. The molecule has 3 fully saturated rings. The number of fused-ring (bicyclic) bond motifs is 2. The predicted octanol–water partition coefficient (Wildman–Crippen LogP) is 2.91. The fraction of sp³-hybridized carbons (Fsp3) is 0.588. The van der Waals surface area contributed by atoms with E-state index in [0.29, 0.717) is 32.0 Å². The molecule has 2 aliphatic heterocycles. The number of carbonyl (C=O) groups is 6. The molecule has 5 atom stereocenters. The van der Waals surface area contributed by atoms with Crippen molar-refractivity contribution in [2.75, 3.05) is 11.9 Å². The van der Waals surface area contributed by atoms with Crippen LogP contribution in [0.25, 0.3) is 0 Å². The third-order valence-electron chi connectivity index (χ3n) is 9.13. The van der Waals surface area contributed by atoms with Crippen molar-refractivity contribution in [1.82, 2.24) is 20.3 Å². The van der Waals surface area contributed by atoms with Crippen molar-refractivity contribution in [2.45, 2.75) is 113 Å². The lowest BCUT2D eigenvalue weighted by Crippen LogP contribution is -2.58. The van der Waals surface area contributed by atoms with Gasteiger partial charge < -0.3 is 25.0 Å². The summed E-state index contributed by atoms with van der Waals surface area (Å²) < 4.78 is 38.6. The lowest BCUT2D eigenvalue weighted by molar-refractivity contribution is -0.141. The van der Waals surface area contributed by atoms with Crippen LogP contribution in [0, 0.1) is 5.92 Å². The first kappa shape index (κ1) is 36.8. The molecule has 2 aliphatic carbocycles. The summed E-state index contributed by atoms with van der Waals surface area (Å²) in [6.07, 6.45) is 5.39. The average molecular weight is 716 g/mol. The SMILES string of the molecule is CC(C)(C)OC(=O)NC1CCCCCC=CC2CC2(C(=O)NS(=O)(=O)C2CC2)NC(=O)C2CC(OC(=O)Nc3ccccc3C=O)CN2C1=O. The van der Waals surface area contributed by atoms with Gasteiger partial charge in [-0.05, 0) is 71.4 Å². The molecule has 2 heterocycles.